The van der Waals surface area contributed by atoms with E-state index in [1.165, 1.54) is 0 Å². The number of aliphatic hydroxyl groups excluding tert-OH is 1. The molecule has 0 aromatic rings. The highest BCUT2D eigenvalue weighted by Crippen LogP contribution is 2.19. The molecule has 92 valence electrons. The smallest absolute Gasteiger partial charge is 0.245 e. The van der Waals surface area contributed by atoms with Crippen molar-refractivity contribution in [1.29, 1.82) is 0 Å². The van der Waals surface area contributed by atoms with Gasteiger partial charge < -0.3 is 15.3 Å². The standard InChI is InChI=1S/C11H20N2O3/c1-8(14)4-5-9(15)13-7-6-12-10(16)11(13,2)3/h8,14H,4-7H2,1-3H3,(H,12,16). The van der Waals surface area contributed by atoms with E-state index in [-0.39, 0.29) is 18.2 Å². The molecule has 1 aliphatic heterocycles. The summed E-state index contributed by atoms with van der Waals surface area (Å²) in [7, 11) is 0. The van der Waals surface area contributed by atoms with Crippen molar-refractivity contribution in [1.82, 2.24) is 10.2 Å². The van der Waals surface area contributed by atoms with Crippen LogP contribution in [-0.4, -0.2) is 46.6 Å². The lowest BCUT2D eigenvalue weighted by Gasteiger charge is -2.41. The van der Waals surface area contributed by atoms with Gasteiger partial charge in [-0.15, -0.1) is 0 Å². The van der Waals surface area contributed by atoms with Gasteiger partial charge in [0, 0.05) is 19.5 Å². The summed E-state index contributed by atoms with van der Waals surface area (Å²) in [5, 5.41) is 11.9. The molecular formula is C11H20N2O3. The first-order valence-corrected chi connectivity index (χ1v) is 5.62. The van der Waals surface area contributed by atoms with Gasteiger partial charge in [-0.05, 0) is 27.2 Å². The molecule has 0 bridgehead atoms. The summed E-state index contributed by atoms with van der Waals surface area (Å²) in [4.78, 5) is 25.1. The van der Waals surface area contributed by atoms with E-state index in [1.807, 2.05) is 0 Å². The van der Waals surface area contributed by atoms with Gasteiger partial charge in [-0.3, -0.25) is 9.59 Å². The third kappa shape index (κ3) is 2.72. The summed E-state index contributed by atoms with van der Waals surface area (Å²) in [5.74, 6) is -0.190. The van der Waals surface area contributed by atoms with E-state index >= 15 is 0 Å². The molecule has 0 aromatic carbocycles. The highest BCUT2D eigenvalue weighted by molar-refractivity contribution is 5.91. The van der Waals surface area contributed by atoms with E-state index in [1.54, 1.807) is 25.7 Å². The van der Waals surface area contributed by atoms with Crippen molar-refractivity contribution in [2.24, 2.45) is 0 Å². The van der Waals surface area contributed by atoms with Crippen LogP contribution in [0, 0.1) is 0 Å². The predicted octanol–water partition coefficient (Wildman–Crippen LogP) is -0.116. The van der Waals surface area contributed by atoms with E-state index in [9.17, 15) is 9.59 Å². The second-order valence-corrected chi connectivity index (χ2v) is 4.75. The van der Waals surface area contributed by atoms with Crippen LogP contribution in [0.3, 0.4) is 0 Å². The number of carbonyl (C=O) groups is 2. The Morgan fingerprint density at radius 3 is 2.81 bits per heavy atom. The Hall–Kier alpha value is -1.10. The molecule has 1 heterocycles. The topological polar surface area (TPSA) is 69.6 Å². The minimum absolute atomic E-state index is 0.0687. The Morgan fingerprint density at radius 1 is 1.62 bits per heavy atom. The Bertz CT molecular complexity index is 287. The van der Waals surface area contributed by atoms with Gasteiger partial charge in [0.2, 0.25) is 11.8 Å². The number of nitrogens with zero attached hydrogens (tertiary/aromatic N) is 1. The van der Waals surface area contributed by atoms with Crippen molar-refractivity contribution < 1.29 is 14.7 Å². The highest BCUT2D eigenvalue weighted by Gasteiger charge is 2.39. The van der Waals surface area contributed by atoms with Crippen LogP contribution in [0.25, 0.3) is 0 Å². The van der Waals surface area contributed by atoms with Gasteiger partial charge in [-0.2, -0.15) is 0 Å². The van der Waals surface area contributed by atoms with Gasteiger partial charge in [0.05, 0.1) is 6.10 Å². The molecule has 2 amide bonds. The number of aliphatic hydroxyl groups is 1. The van der Waals surface area contributed by atoms with E-state index < -0.39 is 11.6 Å². The number of hydrogen-bond donors (Lipinski definition) is 2. The molecule has 1 saturated heterocycles. The number of carbonyl (C=O) groups excluding carboxylic acids is 2. The van der Waals surface area contributed by atoms with Gasteiger partial charge in [0.25, 0.3) is 0 Å². The van der Waals surface area contributed by atoms with Crippen LogP contribution < -0.4 is 5.32 Å². The van der Waals surface area contributed by atoms with Crippen LogP contribution in [0.15, 0.2) is 0 Å². The maximum atomic E-state index is 11.9. The van der Waals surface area contributed by atoms with Crippen molar-refractivity contribution >= 4 is 11.8 Å². The maximum absolute atomic E-state index is 11.9. The Kier molecular flexibility index (Phi) is 3.91. The fourth-order valence-electron chi connectivity index (χ4n) is 1.80. The van der Waals surface area contributed by atoms with Crippen LogP contribution in [0.2, 0.25) is 0 Å². The molecule has 1 unspecified atom stereocenters. The molecule has 16 heavy (non-hydrogen) atoms. The monoisotopic (exact) mass is 228 g/mol. The van der Waals surface area contributed by atoms with Crippen molar-refractivity contribution in [2.45, 2.75) is 45.3 Å². The molecule has 0 saturated carbocycles. The summed E-state index contributed by atoms with van der Waals surface area (Å²) >= 11 is 0. The largest absolute Gasteiger partial charge is 0.393 e. The minimum Gasteiger partial charge on any atom is -0.393 e. The van der Waals surface area contributed by atoms with Crippen LogP contribution >= 0.6 is 0 Å². The number of amides is 2. The lowest BCUT2D eigenvalue weighted by atomic mass is 9.98. The summed E-state index contributed by atoms with van der Waals surface area (Å²) in [6.45, 7) is 6.17. The minimum atomic E-state index is -0.784. The molecular weight excluding hydrogens is 208 g/mol. The molecule has 1 rings (SSSR count). The fourth-order valence-corrected chi connectivity index (χ4v) is 1.80. The Morgan fingerprint density at radius 2 is 2.25 bits per heavy atom. The van der Waals surface area contributed by atoms with Gasteiger partial charge in [0.1, 0.15) is 5.54 Å². The molecule has 0 aliphatic carbocycles. The van der Waals surface area contributed by atoms with Gasteiger partial charge in [-0.25, -0.2) is 0 Å². The number of nitrogens with one attached hydrogen (secondary N) is 1. The predicted molar refractivity (Wildman–Crippen MR) is 59.7 cm³/mol. The molecule has 1 fully saturated rings. The summed E-state index contributed by atoms with van der Waals surface area (Å²) in [6, 6.07) is 0. The molecule has 5 heteroatoms. The lowest BCUT2D eigenvalue weighted by Crippen LogP contribution is -2.63. The number of piperazine rings is 1. The Balaban J connectivity index is 2.63. The van der Waals surface area contributed by atoms with E-state index in [0.29, 0.717) is 19.5 Å². The van der Waals surface area contributed by atoms with Crippen molar-refractivity contribution in [3.8, 4) is 0 Å². The van der Waals surface area contributed by atoms with E-state index in [4.69, 9.17) is 5.11 Å². The van der Waals surface area contributed by atoms with E-state index in [2.05, 4.69) is 5.32 Å². The third-order valence-electron chi connectivity index (χ3n) is 2.93. The number of hydrogen-bond acceptors (Lipinski definition) is 3. The molecule has 2 N–H and O–H groups in total. The van der Waals surface area contributed by atoms with Crippen LogP contribution in [0.4, 0.5) is 0 Å². The fraction of sp³-hybridized carbons (Fsp3) is 0.818. The zero-order valence-electron chi connectivity index (χ0n) is 10.1. The third-order valence-corrected chi connectivity index (χ3v) is 2.93. The summed E-state index contributed by atoms with van der Waals surface area (Å²) in [5.41, 5.74) is -0.784. The Labute approximate surface area is 95.8 Å². The average Bonchev–Trinajstić information content (AvgIpc) is 2.18. The van der Waals surface area contributed by atoms with Crippen LogP contribution in [0.1, 0.15) is 33.6 Å². The van der Waals surface area contributed by atoms with Crippen LogP contribution in [-0.2, 0) is 9.59 Å². The normalized spacial score (nSPS) is 21.5. The molecule has 1 atom stereocenters. The summed E-state index contributed by atoms with van der Waals surface area (Å²) < 4.78 is 0. The molecule has 5 nitrogen and oxygen atoms in total. The highest BCUT2D eigenvalue weighted by atomic mass is 16.3. The van der Waals surface area contributed by atoms with Gasteiger partial charge in [0.15, 0.2) is 0 Å². The van der Waals surface area contributed by atoms with Crippen LogP contribution in [0.5, 0.6) is 0 Å². The zero-order chi connectivity index (χ0) is 12.3. The first-order chi connectivity index (χ1) is 7.35. The second-order valence-electron chi connectivity index (χ2n) is 4.75. The second kappa shape index (κ2) is 4.82. The lowest BCUT2D eigenvalue weighted by molar-refractivity contribution is -0.149. The molecule has 0 spiro atoms. The van der Waals surface area contributed by atoms with E-state index in [0.717, 1.165) is 0 Å². The quantitative estimate of drug-likeness (QED) is 0.708. The van der Waals surface area contributed by atoms with Gasteiger partial charge in [-0.1, -0.05) is 0 Å². The SMILES string of the molecule is CC(O)CCC(=O)N1CCNC(=O)C1(C)C. The first-order valence-electron chi connectivity index (χ1n) is 5.62. The maximum Gasteiger partial charge on any atom is 0.245 e. The average molecular weight is 228 g/mol. The van der Waals surface area contributed by atoms with Crippen molar-refractivity contribution in [3.05, 3.63) is 0 Å². The van der Waals surface area contributed by atoms with Crippen molar-refractivity contribution in [3.63, 3.8) is 0 Å². The van der Waals surface area contributed by atoms with Gasteiger partial charge >= 0.3 is 0 Å². The zero-order valence-corrected chi connectivity index (χ0v) is 10.1. The van der Waals surface area contributed by atoms with Crippen molar-refractivity contribution in [2.75, 3.05) is 13.1 Å². The molecule has 1 aliphatic rings. The summed E-state index contributed by atoms with van der Waals surface area (Å²) in [6.07, 6.45) is 0.243. The molecule has 0 radical (unpaired) electrons. The number of rotatable bonds is 3. The molecule has 0 aromatic heterocycles. The first kappa shape index (κ1) is 13.0.